The van der Waals surface area contributed by atoms with Gasteiger partial charge in [0, 0.05) is 28.4 Å². The summed E-state index contributed by atoms with van der Waals surface area (Å²) in [7, 11) is 0. The van der Waals surface area contributed by atoms with Crippen LogP contribution in [0.5, 0.6) is 0 Å². The minimum atomic E-state index is -0.496. The van der Waals surface area contributed by atoms with Gasteiger partial charge in [-0.1, -0.05) is 38.1 Å². The number of aliphatic hydroxyl groups excluding tert-OH is 1. The zero-order chi connectivity index (χ0) is 17.3. The number of nitrogens with zero attached hydrogens (tertiary/aromatic N) is 1. The summed E-state index contributed by atoms with van der Waals surface area (Å²) >= 11 is 0. The largest absolute Gasteiger partial charge is 0.391 e. The first-order valence-corrected chi connectivity index (χ1v) is 8.97. The van der Waals surface area contributed by atoms with E-state index >= 15 is 0 Å². The molecule has 0 bridgehead atoms. The van der Waals surface area contributed by atoms with Crippen molar-refractivity contribution in [2.75, 3.05) is 0 Å². The van der Waals surface area contributed by atoms with Crippen LogP contribution < -0.4 is 5.73 Å². The summed E-state index contributed by atoms with van der Waals surface area (Å²) in [5.74, 6) is 0.580. The molecule has 0 amide bonds. The molecule has 0 saturated carbocycles. The molecule has 0 unspecified atom stereocenters. The highest BCUT2D eigenvalue weighted by atomic mass is 35.5. The predicted molar refractivity (Wildman–Crippen MR) is 109 cm³/mol. The minimum absolute atomic E-state index is 0. The van der Waals surface area contributed by atoms with Gasteiger partial charge in [-0.3, -0.25) is 0 Å². The predicted octanol–water partition coefficient (Wildman–Crippen LogP) is 5.03. The standard InChI is InChI=1S/C21H28N2O.ClH/c1-4-23-18-8-6-5-7-16(18)17-13-15(10-11-19(17)23)21(22)20(24)12-9-14(2)3;/h5-8,10-11,13-14,20-21,24H,4,9,12,22H2,1-3H3;1H/t20-,21+;/m0./s1. The molecule has 3 N–H and O–H groups in total. The van der Waals surface area contributed by atoms with E-state index in [-0.39, 0.29) is 18.4 Å². The number of halogens is 1. The first kappa shape index (κ1) is 19.8. The van der Waals surface area contributed by atoms with E-state index in [0.29, 0.717) is 5.92 Å². The molecule has 0 aliphatic heterocycles. The van der Waals surface area contributed by atoms with E-state index in [1.54, 1.807) is 0 Å². The Morgan fingerprint density at radius 1 is 1.00 bits per heavy atom. The van der Waals surface area contributed by atoms with E-state index in [2.05, 4.69) is 67.8 Å². The molecule has 2 aromatic carbocycles. The highest BCUT2D eigenvalue weighted by Crippen LogP contribution is 2.31. The second-order valence-electron chi connectivity index (χ2n) is 7.10. The lowest BCUT2D eigenvalue weighted by Gasteiger charge is -2.20. The van der Waals surface area contributed by atoms with Gasteiger partial charge in [0.05, 0.1) is 12.1 Å². The Morgan fingerprint density at radius 3 is 2.36 bits per heavy atom. The molecule has 0 radical (unpaired) electrons. The monoisotopic (exact) mass is 360 g/mol. The minimum Gasteiger partial charge on any atom is -0.391 e. The molecule has 3 aromatic rings. The van der Waals surface area contributed by atoms with Crippen LogP contribution in [-0.4, -0.2) is 15.8 Å². The number of aliphatic hydroxyl groups is 1. The van der Waals surface area contributed by atoms with E-state index in [4.69, 9.17) is 5.73 Å². The first-order chi connectivity index (χ1) is 11.5. The summed E-state index contributed by atoms with van der Waals surface area (Å²) < 4.78 is 2.33. The van der Waals surface area contributed by atoms with Crippen LogP contribution in [-0.2, 0) is 6.54 Å². The lowest BCUT2D eigenvalue weighted by Crippen LogP contribution is -2.26. The van der Waals surface area contributed by atoms with Crippen molar-refractivity contribution in [3.63, 3.8) is 0 Å². The van der Waals surface area contributed by atoms with E-state index in [1.807, 2.05) is 0 Å². The Bertz CT molecular complexity index is 840. The molecule has 4 heteroatoms. The third-order valence-corrected chi connectivity index (χ3v) is 4.95. The molecule has 0 saturated heterocycles. The third-order valence-electron chi connectivity index (χ3n) is 4.95. The van der Waals surface area contributed by atoms with Crippen molar-refractivity contribution in [2.24, 2.45) is 11.7 Å². The Hall–Kier alpha value is -1.55. The fraction of sp³-hybridized carbons (Fsp3) is 0.429. The number of hydrogen-bond donors (Lipinski definition) is 2. The number of nitrogens with two attached hydrogens (primary N) is 1. The van der Waals surface area contributed by atoms with Gasteiger partial charge in [-0.05, 0) is 49.4 Å². The van der Waals surface area contributed by atoms with Gasteiger partial charge in [0.1, 0.15) is 0 Å². The van der Waals surface area contributed by atoms with Crippen molar-refractivity contribution >= 4 is 34.2 Å². The maximum atomic E-state index is 10.4. The number of rotatable bonds is 6. The van der Waals surface area contributed by atoms with Crippen LogP contribution in [0.25, 0.3) is 21.8 Å². The Balaban J connectivity index is 0.00000225. The van der Waals surface area contributed by atoms with Crippen molar-refractivity contribution in [2.45, 2.75) is 52.3 Å². The van der Waals surface area contributed by atoms with Gasteiger partial charge < -0.3 is 15.4 Å². The molecular weight excluding hydrogens is 332 g/mol. The molecule has 0 spiro atoms. The number of para-hydroxylation sites is 1. The Labute approximate surface area is 156 Å². The van der Waals surface area contributed by atoms with Gasteiger partial charge in [0.15, 0.2) is 0 Å². The molecule has 3 rings (SSSR count). The van der Waals surface area contributed by atoms with Crippen LogP contribution in [0.3, 0.4) is 0 Å². The zero-order valence-corrected chi connectivity index (χ0v) is 16.1. The molecule has 136 valence electrons. The van der Waals surface area contributed by atoms with E-state index in [1.165, 1.54) is 21.8 Å². The van der Waals surface area contributed by atoms with Gasteiger partial charge in [-0.15, -0.1) is 12.4 Å². The number of benzene rings is 2. The number of aromatic nitrogens is 1. The quantitative estimate of drug-likeness (QED) is 0.647. The summed E-state index contributed by atoms with van der Waals surface area (Å²) in [6.45, 7) is 7.45. The van der Waals surface area contributed by atoms with Gasteiger partial charge in [-0.2, -0.15) is 0 Å². The highest BCUT2D eigenvalue weighted by molar-refractivity contribution is 6.08. The van der Waals surface area contributed by atoms with Crippen LogP contribution in [0.15, 0.2) is 42.5 Å². The smallest absolute Gasteiger partial charge is 0.0732 e. The summed E-state index contributed by atoms with van der Waals surface area (Å²) in [4.78, 5) is 0. The molecular formula is C21H29ClN2O. The average molecular weight is 361 g/mol. The molecule has 0 aliphatic rings. The summed E-state index contributed by atoms with van der Waals surface area (Å²) in [5.41, 5.74) is 9.83. The van der Waals surface area contributed by atoms with Crippen molar-refractivity contribution in [3.8, 4) is 0 Å². The molecule has 1 aromatic heterocycles. The van der Waals surface area contributed by atoms with Gasteiger partial charge in [0.25, 0.3) is 0 Å². The summed E-state index contributed by atoms with van der Waals surface area (Å²) in [5, 5.41) is 12.9. The molecule has 2 atom stereocenters. The van der Waals surface area contributed by atoms with Crippen molar-refractivity contribution < 1.29 is 5.11 Å². The molecule has 1 heterocycles. The average Bonchev–Trinajstić information content (AvgIpc) is 2.91. The second-order valence-corrected chi connectivity index (χ2v) is 7.10. The third kappa shape index (κ3) is 3.84. The molecule has 3 nitrogen and oxygen atoms in total. The second kappa shape index (κ2) is 8.22. The number of aryl methyl sites for hydroxylation is 1. The summed E-state index contributed by atoms with van der Waals surface area (Å²) in [6.07, 6.45) is 1.24. The molecule has 0 fully saturated rings. The van der Waals surface area contributed by atoms with Crippen LogP contribution >= 0.6 is 12.4 Å². The first-order valence-electron chi connectivity index (χ1n) is 8.97. The van der Waals surface area contributed by atoms with Crippen LogP contribution in [0.4, 0.5) is 0 Å². The van der Waals surface area contributed by atoms with Crippen LogP contribution in [0.2, 0.25) is 0 Å². The number of fused-ring (bicyclic) bond motifs is 3. The molecule has 25 heavy (non-hydrogen) atoms. The van der Waals surface area contributed by atoms with Gasteiger partial charge in [-0.25, -0.2) is 0 Å². The van der Waals surface area contributed by atoms with Gasteiger partial charge in [0.2, 0.25) is 0 Å². The Morgan fingerprint density at radius 2 is 1.68 bits per heavy atom. The Kier molecular flexibility index (Phi) is 6.50. The summed E-state index contributed by atoms with van der Waals surface area (Å²) in [6, 6.07) is 14.5. The van der Waals surface area contributed by atoms with Crippen LogP contribution in [0, 0.1) is 5.92 Å². The highest BCUT2D eigenvalue weighted by Gasteiger charge is 2.19. The van der Waals surface area contributed by atoms with Crippen molar-refractivity contribution in [3.05, 3.63) is 48.0 Å². The van der Waals surface area contributed by atoms with E-state index in [0.717, 1.165) is 24.9 Å². The zero-order valence-electron chi connectivity index (χ0n) is 15.3. The lowest BCUT2D eigenvalue weighted by molar-refractivity contribution is 0.128. The molecule has 0 aliphatic carbocycles. The van der Waals surface area contributed by atoms with E-state index < -0.39 is 6.10 Å². The maximum Gasteiger partial charge on any atom is 0.0732 e. The van der Waals surface area contributed by atoms with Gasteiger partial charge >= 0.3 is 0 Å². The normalized spacial score (nSPS) is 14.0. The van der Waals surface area contributed by atoms with E-state index in [9.17, 15) is 5.11 Å². The van der Waals surface area contributed by atoms with Crippen molar-refractivity contribution in [1.29, 1.82) is 0 Å². The SMILES string of the molecule is CCn1c2ccccc2c2cc([C@@H](N)[C@@H](O)CCC(C)C)ccc21.Cl. The van der Waals surface area contributed by atoms with Crippen LogP contribution in [0.1, 0.15) is 45.2 Å². The maximum absolute atomic E-state index is 10.4. The fourth-order valence-electron chi connectivity index (χ4n) is 3.53. The fourth-order valence-corrected chi connectivity index (χ4v) is 3.53. The lowest BCUT2D eigenvalue weighted by atomic mass is 9.95. The number of hydrogen-bond acceptors (Lipinski definition) is 2. The van der Waals surface area contributed by atoms with Crippen molar-refractivity contribution in [1.82, 2.24) is 4.57 Å². The topological polar surface area (TPSA) is 51.2 Å².